The summed E-state index contributed by atoms with van der Waals surface area (Å²) in [5.74, 6) is -0.367. The fourth-order valence-electron chi connectivity index (χ4n) is 3.00. The van der Waals surface area contributed by atoms with Gasteiger partial charge in [-0.15, -0.1) is 0 Å². The van der Waals surface area contributed by atoms with Crippen LogP contribution in [-0.4, -0.2) is 32.0 Å². The van der Waals surface area contributed by atoms with Gasteiger partial charge in [0.2, 0.25) is 0 Å². The number of hydrogen-bond donors (Lipinski definition) is 2. The Hall–Kier alpha value is -2.04. The fraction of sp³-hybridized carbons (Fsp3) is 0.556. The second-order valence-corrected chi connectivity index (χ2v) is 6.49. The number of carbonyl (C=O) groups is 2. The molecule has 0 bridgehead atoms. The summed E-state index contributed by atoms with van der Waals surface area (Å²) in [5.41, 5.74) is 1.67. The van der Waals surface area contributed by atoms with E-state index in [1.807, 2.05) is 31.1 Å². The smallest absolute Gasteiger partial charge is 0.313 e. The van der Waals surface area contributed by atoms with Gasteiger partial charge in [-0.25, -0.2) is 0 Å². The van der Waals surface area contributed by atoms with Gasteiger partial charge in [-0.1, -0.05) is 13.3 Å². The van der Waals surface area contributed by atoms with Crippen molar-refractivity contribution in [2.45, 2.75) is 45.1 Å². The van der Waals surface area contributed by atoms with Crippen LogP contribution in [0.25, 0.3) is 0 Å². The third-order valence-electron chi connectivity index (χ3n) is 4.61. The number of nitrogens with one attached hydrogen (secondary N) is 2. The third kappa shape index (κ3) is 4.98. The molecule has 126 valence electrons. The second kappa shape index (κ2) is 7.99. The van der Waals surface area contributed by atoms with Crippen LogP contribution >= 0.6 is 0 Å². The Kier molecular flexibility index (Phi) is 6.02. The standard InChI is InChI=1S/C18H27N3O2/c1-4-13-5-7-14(8-6-13)19-17(22)18(23)20-15-9-11-16(12-10-15)21(2)3/h9-14H,4-8H2,1-3H3,(H,19,22)(H,20,23). The minimum Gasteiger partial charge on any atom is -0.378 e. The van der Waals surface area contributed by atoms with E-state index in [9.17, 15) is 9.59 Å². The number of amides is 2. The maximum Gasteiger partial charge on any atom is 0.313 e. The van der Waals surface area contributed by atoms with Crippen LogP contribution in [0.4, 0.5) is 11.4 Å². The maximum atomic E-state index is 12.0. The van der Waals surface area contributed by atoms with Crippen molar-refractivity contribution in [3.8, 4) is 0 Å². The second-order valence-electron chi connectivity index (χ2n) is 6.49. The normalized spacial score (nSPS) is 20.7. The van der Waals surface area contributed by atoms with Gasteiger partial charge < -0.3 is 15.5 Å². The summed E-state index contributed by atoms with van der Waals surface area (Å²) in [5, 5.41) is 5.50. The lowest BCUT2D eigenvalue weighted by Gasteiger charge is -2.28. The molecule has 0 aromatic heterocycles. The zero-order valence-electron chi connectivity index (χ0n) is 14.3. The van der Waals surface area contributed by atoms with Crippen LogP contribution < -0.4 is 15.5 Å². The summed E-state index contributed by atoms with van der Waals surface area (Å²) in [7, 11) is 3.91. The number of carbonyl (C=O) groups excluding carboxylic acids is 2. The Balaban J connectivity index is 1.82. The SMILES string of the molecule is CCC1CCC(NC(=O)C(=O)Nc2ccc(N(C)C)cc2)CC1. The molecule has 1 fully saturated rings. The molecule has 1 aromatic carbocycles. The number of nitrogens with zero attached hydrogens (tertiary/aromatic N) is 1. The topological polar surface area (TPSA) is 61.4 Å². The van der Waals surface area contributed by atoms with Crippen LogP contribution in [-0.2, 0) is 9.59 Å². The van der Waals surface area contributed by atoms with Gasteiger partial charge in [0.1, 0.15) is 0 Å². The number of hydrogen-bond acceptors (Lipinski definition) is 3. The van der Waals surface area contributed by atoms with E-state index in [-0.39, 0.29) is 6.04 Å². The average Bonchev–Trinajstić information content (AvgIpc) is 2.56. The summed E-state index contributed by atoms with van der Waals surface area (Å²) in [6.45, 7) is 2.21. The van der Waals surface area contributed by atoms with Crippen molar-refractivity contribution in [2.24, 2.45) is 5.92 Å². The van der Waals surface area contributed by atoms with Gasteiger partial charge in [0.05, 0.1) is 0 Å². The molecule has 2 rings (SSSR count). The van der Waals surface area contributed by atoms with Crippen LogP contribution in [0.2, 0.25) is 0 Å². The van der Waals surface area contributed by atoms with Gasteiger partial charge in [0.25, 0.3) is 0 Å². The van der Waals surface area contributed by atoms with Crippen LogP contribution in [0.3, 0.4) is 0 Å². The monoisotopic (exact) mass is 317 g/mol. The highest BCUT2D eigenvalue weighted by molar-refractivity contribution is 6.39. The van der Waals surface area contributed by atoms with Crippen LogP contribution in [0, 0.1) is 5.92 Å². The summed E-state index contributed by atoms with van der Waals surface area (Å²) in [6, 6.07) is 7.53. The molecule has 2 amide bonds. The van der Waals surface area contributed by atoms with Crippen molar-refractivity contribution < 1.29 is 9.59 Å². The highest BCUT2D eigenvalue weighted by Crippen LogP contribution is 2.26. The first-order valence-electron chi connectivity index (χ1n) is 8.38. The minimum atomic E-state index is -0.597. The lowest BCUT2D eigenvalue weighted by Crippen LogP contribution is -2.43. The number of benzene rings is 1. The molecule has 0 saturated heterocycles. The molecule has 1 saturated carbocycles. The Morgan fingerprint density at radius 2 is 1.65 bits per heavy atom. The third-order valence-corrected chi connectivity index (χ3v) is 4.61. The highest BCUT2D eigenvalue weighted by Gasteiger charge is 2.23. The molecule has 0 unspecified atom stereocenters. The Bertz CT molecular complexity index is 532. The fourth-order valence-corrected chi connectivity index (χ4v) is 3.00. The summed E-state index contributed by atoms with van der Waals surface area (Å²) in [6.07, 6.45) is 5.40. The van der Waals surface area contributed by atoms with E-state index in [2.05, 4.69) is 17.6 Å². The van der Waals surface area contributed by atoms with Crippen LogP contribution in [0.1, 0.15) is 39.0 Å². The molecule has 1 aliphatic rings. The Labute approximate surface area is 138 Å². The van der Waals surface area contributed by atoms with Crippen molar-refractivity contribution in [3.05, 3.63) is 24.3 Å². The van der Waals surface area contributed by atoms with E-state index in [0.717, 1.165) is 37.3 Å². The summed E-state index contributed by atoms with van der Waals surface area (Å²) >= 11 is 0. The predicted molar refractivity (Wildman–Crippen MR) is 93.6 cm³/mol. The molecule has 2 N–H and O–H groups in total. The quantitative estimate of drug-likeness (QED) is 0.840. The first kappa shape index (κ1) is 17.3. The molecular weight excluding hydrogens is 290 g/mol. The zero-order chi connectivity index (χ0) is 16.8. The molecule has 0 atom stereocenters. The molecule has 5 heteroatoms. The first-order chi connectivity index (χ1) is 11.0. The van der Waals surface area contributed by atoms with E-state index < -0.39 is 11.8 Å². The lowest BCUT2D eigenvalue weighted by atomic mass is 9.84. The Morgan fingerprint density at radius 1 is 1.04 bits per heavy atom. The molecular formula is C18H27N3O2. The van der Waals surface area contributed by atoms with Crippen molar-refractivity contribution in [1.29, 1.82) is 0 Å². The van der Waals surface area contributed by atoms with E-state index >= 15 is 0 Å². The van der Waals surface area contributed by atoms with Gasteiger partial charge in [0.15, 0.2) is 0 Å². The van der Waals surface area contributed by atoms with E-state index in [1.165, 1.54) is 6.42 Å². The van der Waals surface area contributed by atoms with Gasteiger partial charge in [0, 0.05) is 31.5 Å². The zero-order valence-corrected chi connectivity index (χ0v) is 14.3. The van der Waals surface area contributed by atoms with Gasteiger partial charge in [-0.2, -0.15) is 0 Å². The molecule has 0 heterocycles. The number of anilines is 2. The molecule has 0 aliphatic heterocycles. The average molecular weight is 317 g/mol. The van der Waals surface area contributed by atoms with Gasteiger partial charge >= 0.3 is 11.8 Å². The largest absolute Gasteiger partial charge is 0.378 e. The number of rotatable bonds is 4. The van der Waals surface area contributed by atoms with Crippen molar-refractivity contribution >= 4 is 23.2 Å². The maximum absolute atomic E-state index is 12.0. The van der Waals surface area contributed by atoms with Crippen LogP contribution in [0.15, 0.2) is 24.3 Å². The van der Waals surface area contributed by atoms with E-state index in [1.54, 1.807) is 12.1 Å². The van der Waals surface area contributed by atoms with E-state index in [0.29, 0.717) is 5.69 Å². The summed E-state index contributed by atoms with van der Waals surface area (Å²) in [4.78, 5) is 26.0. The summed E-state index contributed by atoms with van der Waals surface area (Å²) < 4.78 is 0. The lowest BCUT2D eigenvalue weighted by molar-refractivity contribution is -0.136. The molecule has 1 aliphatic carbocycles. The molecule has 5 nitrogen and oxygen atoms in total. The minimum absolute atomic E-state index is 0.132. The molecule has 0 radical (unpaired) electrons. The van der Waals surface area contributed by atoms with Crippen molar-refractivity contribution in [1.82, 2.24) is 5.32 Å². The van der Waals surface area contributed by atoms with Crippen molar-refractivity contribution in [3.63, 3.8) is 0 Å². The van der Waals surface area contributed by atoms with Gasteiger partial charge in [-0.3, -0.25) is 9.59 Å². The highest BCUT2D eigenvalue weighted by atomic mass is 16.2. The predicted octanol–water partition coefficient (Wildman–Crippen LogP) is 2.78. The van der Waals surface area contributed by atoms with Crippen LogP contribution in [0.5, 0.6) is 0 Å². The molecule has 0 spiro atoms. The first-order valence-corrected chi connectivity index (χ1v) is 8.38. The van der Waals surface area contributed by atoms with Gasteiger partial charge in [-0.05, 0) is 55.9 Å². The molecule has 1 aromatic rings. The van der Waals surface area contributed by atoms with E-state index in [4.69, 9.17) is 0 Å². The Morgan fingerprint density at radius 3 is 2.17 bits per heavy atom. The molecule has 23 heavy (non-hydrogen) atoms. The van der Waals surface area contributed by atoms with Crippen molar-refractivity contribution in [2.75, 3.05) is 24.3 Å².